The average Bonchev–Trinajstić information content (AvgIpc) is 3.29. The maximum Gasteiger partial charge on any atom is 0.262 e. The van der Waals surface area contributed by atoms with E-state index in [-0.39, 0.29) is 17.9 Å². The molecule has 1 aliphatic carbocycles. The van der Waals surface area contributed by atoms with Crippen LogP contribution in [0.25, 0.3) is 10.2 Å². The van der Waals surface area contributed by atoms with Crippen molar-refractivity contribution in [2.24, 2.45) is 0 Å². The van der Waals surface area contributed by atoms with Crippen LogP contribution in [0.3, 0.4) is 0 Å². The number of rotatable bonds is 5. The molecule has 0 spiro atoms. The number of fused-ring (bicyclic) bond motifs is 3. The lowest BCUT2D eigenvalue weighted by Gasteiger charge is -2.11. The molecule has 6 heteroatoms. The maximum atomic E-state index is 13.2. The third kappa shape index (κ3) is 3.55. The van der Waals surface area contributed by atoms with Gasteiger partial charge in [0.1, 0.15) is 4.83 Å². The summed E-state index contributed by atoms with van der Waals surface area (Å²) in [5, 5.41) is 0.726. The van der Waals surface area contributed by atoms with Crippen molar-refractivity contribution >= 4 is 27.3 Å². The predicted molar refractivity (Wildman–Crippen MR) is 124 cm³/mol. The van der Waals surface area contributed by atoms with E-state index in [0.717, 1.165) is 53.0 Å². The van der Waals surface area contributed by atoms with Crippen LogP contribution >= 0.6 is 11.3 Å². The summed E-state index contributed by atoms with van der Waals surface area (Å²) >= 11 is 1.63. The third-order valence-corrected chi connectivity index (χ3v) is 7.51. The van der Waals surface area contributed by atoms with Crippen molar-refractivity contribution in [1.82, 2.24) is 14.1 Å². The molecule has 0 saturated carbocycles. The fourth-order valence-electron chi connectivity index (χ4n) is 4.63. The van der Waals surface area contributed by atoms with E-state index in [9.17, 15) is 9.59 Å². The number of aryl methyl sites for hydroxylation is 3. The number of thiophene rings is 1. The smallest absolute Gasteiger partial charge is 0.262 e. The van der Waals surface area contributed by atoms with Crippen LogP contribution in [0.1, 0.15) is 50.6 Å². The molecule has 0 aliphatic heterocycles. The van der Waals surface area contributed by atoms with Crippen molar-refractivity contribution < 1.29 is 4.79 Å². The van der Waals surface area contributed by atoms with Gasteiger partial charge in [0.15, 0.2) is 5.78 Å². The van der Waals surface area contributed by atoms with Crippen molar-refractivity contribution in [2.75, 3.05) is 0 Å². The molecule has 5 nitrogen and oxygen atoms in total. The zero-order chi connectivity index (χ0) is 21.5. The first-order valence-electron chi connectivity index (χ1n) is 10.8. The molecule has 4 aromatic rings. The summed E-state index contributed by atoms with van der Waals surface area (Å²) in [6.45, 7) is 4.73. The molecule has 3 heterocycles. The number of benzene rings is 1. The van der Waals surface area contributed by atoms with Gasteiger partial charge in [0.2, 0.25) is 0 Å². The summed E-state index contributed by atoms with van der Waals surface area (Å²) in [6.07, 6.45) is 5.78. The van der Waals surface area contributed by atoms with Crippen LogP contribution < -0.4 is 5.56 Å². The van der Waals surface area contributed by atoms with Gasteiger partial charge in [0.05, 0.1) is 18.3 Å². The summed E-state index contributed by atoms with van der Waals surface area (Å²) in [5.41, 5.74) is 4.91. The van der Waals surface area contributed by atoms with E-state index in [4.69, 9.17) is 0 Å². The molecule has 5 rings (SSSR count). The minimum Gasteiger partial charge on any atom is -0.344 e. The molecule has 1 aliphatic rings. The van der Waals surface area contributed by atoms with Gasteiger partial charge in [-0.2, -0.15) is 0 Å². The Kier molecular flexibility index (Phi) is 5.10. The number of carbonyl (C=O) groups excluding carboxylic acids is 1. The molecular formula is C25H25N3O2S. The number of ketones is 1. The Balaban J connectivity index is 1.45. The summed E-state index contributed by atoms with van der Waals surface area (Å²) in [4.78, 5) is 33.0. The Hall–Kier alpha value is -2.99. The van der Waals surface area contributed by atoms with Crippen LogP contribution in [-0.2, 0) is 25.9 Å². The number of Topliss-reactive ketones (excluding diaryl/α,β-unsaturated/α-hetero) is 1. The van der Waals surface area contributed by atoms with E-state index in [2.05, 4.69) is 21.7 Å². The monoisotopic (exact) mass is 431 g/mol. The van der Waals surface area contributed by atoms with Gasteiger partial charge in [-0.25, -0.2) is 4.98 Å². The van der Waals surface area contributed by atoms with E-state index in [1.54, 1.807) is 11.3 Å². The summed E-state index contributed by atoms with van der Waals surface area (Å²) in [5.74, 6) is -0.0558. The first-order valence-corrected chi connectivity index (χ1v) is 11.6. The summed E-state index contributed by atoms with van der Waals surface area (Å²) < 4.78 is 3.64. The SMILES string of the molecule is Cc1cc(C(=O)Cn2cnc3sc4c(c3c2=O)CCCC4)c(C)n1Cc1ccccc1. The highest BCUT2D eigenvalue weighted by Crippen LogP contribution is 2.33. The second kappa shape index (κ2) is 7.93. The van der Waals surface area contributed by atoms with E-state index >= 15 is 0 Å². The normalized spacial score (nSPS) is 13.5. The fourth-order valence-corrected chi connectivity index (χ4v) is 5.85. The zero-order valence-electron chi connectivity index (χ0n) is 17.9. The standard InChI is InChI=1S/C25H25N3O2S/c1-16-12-20(17(2)28(16)13-18-8-4-3-5-9-18)21(29)14-27-15-26-24-23(25(27)30)19-10-6-7-11-22(19)31-24/h3-5,8-9,12,15H,6-7,10-11,13-14H2,1-2H3. The number of hydrogen-bond donors (Lipinski definition) is 0. The number of carbonyl (C=O) groups is 1. The Labute approximate surface area is 185 Å². The maximum absolute atomic E-state index is 13.2. The van der Waals surface area contributed by atoms with Gasteiger partial charge >= 0.3 is 0 Å². The molecule has 0 amide bonds. The lowest BCUT2D eigenvalue weighted by atomic mass is 9.97. The van der Waals surface area contributed by atoms with E-state index in [0.29, 0.717) is 5.56 Å². The van der Waals surface area contributed by atoms with Crippen LogP contribution in [0.2, 0.25) is 0 Å². The molecule has 0 N–H and O–H groups in total. The van der Waals surface area contributed by atoms with Crippen molar-refractivity contribution in [3.8, 4) is 0 Å². The summed E-state index contributed by atoms with van der Waals surface area (Å²) in [7, 11) is 0. The number of hydrogen-bond acceptors (Lipinski definition) is 4. The molecule has 0 radical (unpaired) electrons. The molecule has 0 unspecified atom stereocenters. The average molecular weight is 432 g/mol. The molecule has 3 aromatic heterocycles. The fraction of sp³-hybridized carbons (Fsp3) is 0.320. The minimum atomic E-state index is -0.0872. The largest absolute Gasteiger partial charge is 0.344 e. The first-order chi connectivity index (χ1) is 15.0. The van der Waals surface area contributed by atoms with Crippen molar-refractivity contribution in [1.29, 1.82) is 0 Å². The second-order valence-corrected chi connectivity index (χ2v) is 9.43. The number of aromatic nitrogens is 3. The molecule has 158 valence electrons. The molecule has 0 saturated heterocycles. The highest BCUT2D eigenvalue weighted by atomic mass is 32.1. The van der Waals surface area contributed by atoms with Crippen LogP contribution in [0.15, 0.2) is 47.5 Å². The molecular weight excluding hydrogens is 406 g/mol. The highest BCUT2D eigenvalue weighted by molar-refractivity contribution is 7.18. The molecule has 0 fully saturated rings. The Morgan fingerprint density at radius 1 is 1.13 bits per heavy atom. The van der Waals surface area contributed by atoms with E-state index < -0.39 is 0 Å². The Morgan fingerprint density at radius 2 is 1.90 bits per heavy atom. The van der Waals surface area contributed by atoms with Gasteiger partial charge in [0, 0.05) is 28.4 Å². The van der Waals surface area contributed by atoms with Crippen LogP contribution in [0.5, 0.6) is 0 Å². The Morgan fingerprint density at radius 3 is 2.71 bits per heavy atom. The quantitative estimate of drug-likeness (QED) is 0.431. The zero-order valence-corrected chi connectivity index (χ0v) is 18.7. The van der Waals surface area contributed by atoms with Gasteiger partial charge in [0.25, 0.3) is 5.56 Å². The van der Waals surface area contributed by atoms with E-state index in [1.807, 2.05) is 38.1 Å². The molecule has 1 aromatic carbocycles. The van der Waals surface area contributed by atoms with Crippen molar-refractivity contribution in [2.45, 2.75) is 52.6 Å². The van der Waals surface area contributed by atoms with Crippen LogP contribution in [-0.4, -0.2) is 19.9 Å². The third-order valence-electron chi connectivity index (χ3n) is 6.31. The van der Waals surface area contributed by atoms with Crippen LogP contribution in [0, 0.1) is 13.8 Å². The van der Waals surface area contributed by atoms with Gasteiger partial charge in [-0.15, -0.1) is 11.3 Å². The predicted octanol–water partition coefficient (Wildman–Crippen LogP) is 4.69. The minimum absolute atomic E-state index is 0.0159. The molecule has 31 heavy (non-hydrogen) atoms. The van der Waals surface area contributed by atoms with E-state index in [1.165, 1.54) is 27.8 Å². The topological polar surface area (TPSA) is 56.9 Å². The van der Waals surface area contributed by atoms with Gasteiger partial charge < -0.3 is 4.57 Å². The highest BCUT2D eigenvalue weighted by Gasteiger charge is 2.22. The van der Waals surface area contributed by atoms with Gasteiger partial charge in [-0.05, 0) is 56.7 Å². The summed E-state index contributed by atoms with van der Waals surface area (Å²) in [6, 6.07) is 12.2. The molecule has 0 bridgehead atoms. The lowest BCUT2D eigenvalue weighted by molar-refractivity contribution is 0.0970. The first kappa shape index (κ1) is 19.9. The van der Waals surface area contributed by atoms with Crippen molar-refractivity contribution in [3.05, 3.63) is 86.0 Å². The van der Waals surface area contributed by atoms with Crippen molar-refractivity contribution in [3.63, 3.8) is 0 Å². The molecule has 0 atom stereocenters. The van der Waals surface area contributed by atoms with Crippen LogP contribution in [0.4, 0.5) is 0 Å². The Bertz CT molecular complexity index is 1340. The van der Waals surface area contributed by atoms with Gasteiger partial charge in [-0.3, -0.25) is 14.2 Å². The van der Waals surface area contributed by atoms with Gasteiger partial charge in [-0.1, -0.05) is 30.3 Å². The lowest BCUT2D eigenvalue weighted by Crippen LogP contribution is -2.25. The number of nitrogens with zero attached hydrogens (tertiary/aromatic N) is 3. The second-order valence-electron chi connectivity index (χ2n) is 8.35.